The van der Waals surface area contributed by atoms with Crippen LogP contribution in [0.5, 0.6) is 0 Å². The number of rotatable bonds is 6. The van der Waals surface area contributed by atoms with Crippen molar-refractivity contribution in [1.82, 2.24) is 0 Å². The minimum atomic E-state index is -3.89. The fourth-order valence-corrected chi connectivity index (χ4v) is 8.31. The van der Waals surface area contributed by atoms with E-state index >= 15 is 0 Å². The maximum Gasteiger partial charge on any atom is 0.264 e. The van der Waals surface area contributed by atoms with Crippen LogP contribution in [0, 0.1) is 0 Å². The number of hydrogen-bond acceptors (Lipinski definition) is 4. The topological polar surface area (TPSA) is 57.6 Å². The molecule has 0 aliphatic carbocycles. The van der Waals surface area contributed by atoms with E-state index in [2.05, 4.69) is 72.4 Å². The third kappa shape index (κ3) is 4.72. The number of benzene rings is 2. The molecule has 152 valence electrons. The lowest BCUT2D eigenvalue weighted by atomic mass is 9.99. The van der Waals surface area contributed by atoms with Crippen LogP contribution >= 0.6 is 19.3 Å². The zero-order valence-electron chi connectivity index (χ0n) is 16.2. The zero-order valence-corrected chi connectivity index (χ0v) is 18.8. The first-order valence-corrected chi connectivity index (χ1v) is 14.0. The van der Waals surface area contributed by atoms with Crippen molar-refractivity contribution in [3.8, 4) is 0 Å². The summed E-state index contributed by atoms with van der Waals surface area (Å²) in [5.41, 5.74) is 3.55. The lowest BCUT2D eigenvalue weighted by Crippen LogP contribution is -2.21. The molecule has 0 saturated carbocycles. The van der Waals surface area contributed by atoms with Crippen molar-refractivity contribution in [2.45, 2.75) is 17.7 Å². The van der Waals surface area contributed by atoms with Crippen LogP contribution in [0.25, 0.3) is 5.57 Å². The van der Waals surface area contributed by atoms with Crippen molar-refractivity contribution in [1.29, 1.82) is 0 Å². The highest BCUT2D eigenvalue weighted by molar-refractivity contribution is 8.23. The second-order valence-corrected chi connectivity index (χ2v) is 12.6. The molecule has 2 aromatic carbocycles. The first-order chi connectivity index (χ1) is 13.9. The highest BCUT2D eigenvalue weighted by Gasteiger charge is 2.20. The van der Waals surface area contributed by atoms with Crippen LogP contribution in [-0.2, 0) is 10.1 Å². The van der Waals surface area contributed by atoms with E-state index in [1.165, 1.54) is 26.0 Å². The molecule has 1 atom stereocenters. The van der Waals surface area contributed by atoms with Gasteiger partial charge in [-0.25, -0.2) is 0 Å². The fourth-order valence-electron chi connectivity index (χ4n) is 3.67. The van der Waals surface area contributed by atoms with Gasteiger partial charge in [-0.1, -0.05) is 55.7 Å². The van der Waals surface area contributed by atoms with Crippen LogP contribution in [-0.4, -0.2) is 36.6 Å². The van der Waals surface area contributed by atoms with Gasteiger partial charge >= 0.3 is 0 Å². The summed E-state index contributed by atoms with van der Waals surface area (Å²) in [7, 11) is -4.61. The van der Waals surface area contributed by atoms with Crippen molar-refractivity contribution in [3.05, 3.63) is 72.4 Å². The zero-order chi connectivity index (χ0) is 20.4. The molecule has 1 N–H and O–H groups in total. The van der Waals surface area contributed by atoms with E-state index in [0.717, 1.165) is 12.2 Å². The van der Waals surface area contributed by atoms with Crippen LogP contribution in [0.2, 0.25) is 0 Å². The van der Waals surface area contributed by atoms with Gasteiger partial charge in [-0.05, 0) is 54.7 Å². The van der Waals surface area contributed by atoms with Gasteiger partial charge < -0.3 is 4.90 Å². The molecular weight excluding hydrogens is 421 g/mol. The molecule has 2 heterocycles. The molecule has 0 amide bonds. The van der Waals surface area contributed by atoms with E-state index in [0.29, 0.717) is 12.8 Å². The summed E-state index contributed by atoms with van der Waals surface area (Å²) < 4.78 is 32.2. The molecule has 2 aliphatic rings. The molecule has 0 spiro atoms. The number of anilines is 1. The number of hydrogen-bond donors (Lipinski definition) is 1. The first-order valence-electron chi connectivity index (χ1n) is 9.61. The molecule has 29 heavy (non-hydrogen) atoms. The summed E-state index contributed by atoms with van der Waals surface area (Å²) in [6.07, 6.45) is 7.71. The average molecular weight is 446 g/mol. The lowest BCUT2D eigenvalue weighted by molar-refractivity contribution is 0.480. The van der Waals surface area contributed by atoms with E-state index in [1.807, 2.05) is 17.8 Å². The maximum absolute atomic E-state index is 10.9. The smallest absolute Gasteiger partial charge is 0.264 e. The number of allylic oxidation sites excluding steroid dienone is 2. The highest BCUT2D eigenvalue weighted by atomic mass is 32.2. The Morgan fingerprint density at radius 1 is 1.10 bits per heavy atom. The van der Waals surface area contributed by atoms with Crippen LogP contribution in [0.3, 0.4) is 0 Å². The Hall–Kier alpha value is -1.72. The van der Waals surface area contributed by atoms with E-state index in [9.17, 15) is 8.42 Å². The van der Waals surface area contributed by atoms with Crippen LogP contribution in [0.4, 0.5) is 5.69 Å². The van der Waals surface area contributed by atoms with Crippen molar-refractivity contribution in [2.75, 3.05) is 23.9 Å². The van der Waals surface area contributed by atoms with Crippen molar-refractivity contribution in [3.63, 3.8) is 0 Å². The fraction of sp³-hybridized carbons (Fsp3) is 0.227. The average Bonchev–Trinajstić information content (AvgIpc) is 3.01. The molecule has 7 heteroatoms. The summed E-state index contributed by atoms with van der Waals surface area (Å²) in [6.45, 7) is 3.08. The minimum absolute atomic E-state index is 0.186. The predicted octanol–water partition coefficient (Wildman–Crippen LogP) is 4.48. The lowest BCUT2D eigenvalue weighted by Gasteiger charge is -2.28. The van der Waals surface area contributed by atoms with Gasteiger partial charge in [-0.2, -0.15) is 8.42 Å². The van der Waals surface area contributed by atoms with Gasteiger partial charge in [0.25, 0.3) is 10.1 Å². The number of unbranched alkanes of at least 4 members (excludes halogenated alkanes) is 1. The van der Waals surface area contributed by atoms with E-state index in [1.54, 1.807) is 0 Å². The van der Waals surface area contributed by atoms with Crippen molar-refractivity contribution >= 4 is 50.6 Å². The van der Waals surface area contributed by atoms with Crippen molar-refractivity contribution < 1.29 is 13.0 Å². The molecule has 1 unspecified atom stereocenters. The van der Waals surface area contributed by atoms with Crippen LogP contribution < -0.4 is 10.2 Å². The molecular formula is C22H24NO3PS2. The number of fused-ring (bicyclic) bond motifs is 2. The third-order valence-electron chi connectivity index (χ3n) is 5.18. The van der Waals surface area contributed by atoms with Gasteiger partial charge in [-0.3, -0.25) is 4.55 Å². The quantitative estimate of drug-likeness (QED) is 0.404. The highest BCUT2D eigenvalue weighted by Crippen LogP contribution is 2.42. The largest absolute Gasteiger partial charge is 0.347 e. The molecule has 2 aliphatic heterocycles. The Morgan fingerprint density at radius 3 is 2.66 bits per heavy atom. The normalized spacial score (nSPS) is 19.5. The molecule has 0 aromatic heterocycles. The van der Waals surface area contributed by atoms with E-state index in [4.69, 9.17) is 4.55 Å². The summed E-state index contributed by atoms with van der Waals surface area (Å²) >= 11 is 1.89. The second-order valence-electron chi connectivity index (χ2n) is 7.21. The third-order valence-corrected chi connectivity index (χ3v) is 10.4. The number of nitrogens with zero attached hydrogens (tertiary/aromatic N) is 1. The van der Waals surface area contributed by atoms with Gasteiger partial charge in [0.1, 0.15) is 0 Å². The molecule has 2 aromatic rings. The van der Waals surface area contributed by atoms with Gasteiger partial charge in [0.05, 0.1) is 5.75 Å². The monoisotopic (exact) mass is 445 g/mol. The Morgan fingerprint density at radius 2 is 1.86 bits per heavy atom. The maximum atomic E-state index is 10.9. The van der Waals surface area contributed by atoms with Crippen LogP contribution in [0.1, 0.15) is 18.4 Å². The summed E-state index contributed by atoms with van der Waals surface area (Å²) in [6, 6.07) is 17.0. The van der Waals surface area contributed by atoms with Gasteiger partial charge in [-0.15, -0.1) is 0 Å². The summed E-state index contributed by atoms with van der Waals surface area (Å²) in [5.74, 6) is -0.186. The number of thioether (sulfide) groups is 1. The molecule has 0 saturated heterocycles. The van der Waals surface area contributed by atoms with Crippen LogP contribution in [0.15, 0.2) is 71.8 Å². The molecule has 4 nitrogen and oxygen atoms in total. The Bertz CT molecular complexity index is 1140. The SMILES string of the molecule is C[PH]1=C(/C=C2\C=CN(CCCCS(=O)(=O)O)c3ccccc32)Sc2ccccc21. The van der Waals surface area contributed by atoms with E-state index < -0.39 is 17.7 Å². The Kier molecular flexibility index (Phi) is 6.07. The Balaban J connectivity index is 1.56. The van der Waals surface area contributed by atoms with Gasteiger partial charge in [0.2, 0.25) is 0 Å². The minimum Gasteiger partial charge on any atom is -0.347 e. The van der Waals surface area contributed by atoms with Gasteiger partial charge in [0, 0.05) is 33.5 Å². The first kappa shape index (κ1) is 20.5. The van der Waals surface area contributed by atoms with Crippen molar-refractivity contribution in [2.24, 2.45) is 0 Å². The predicted molar refractivity (Wildman–Crippen MR) is 128 cm³/mol. The second kappa shape index (κ2) is 8.57. The molecule has 0 radical (unpaired) electrons. The standard InChI is InChI=1S/C22H24NO3PS2/c1-27-20-10-4-5-11-21(20)28-22(27)16-17-12-14-23(13-6-7-15-29(24,25)26)19-9-3-2-8-18(17)19/h2-5,8-12,14,16,27H,6-7,13,15H2,1H3,(H,24,25,26)/b17-16+. The summed E-state index contributed by atoms with van der Waals surface area (Å²) in [5, 5.41) is 1.49. The Labute approximate surface area is 177 Å². The van der Waals surface area contributed by atoms with E-state index in [-0.39, 0.29) is 5.75 Å². The molecule has 0 fully saturated rings. The molecule has 0 bridgehead atoms. The molecule has 4 rings (SSSR count). The summed E-state index contributed by atoms with van der Waals surface area (Å²) in [4.78, 5) is 3.54. The van der Waals surface area contributed by atoms with Gasteiger partial charge in [0.15, 0.2) is 0 Å². The number of para-hydroxylation sites is 1.